The van der Waals surface area contributed by atoms with Crippen LogP contribution in [0.1, 0.15) is 35.7 Å². The standard InChI is InChI=1S/C11H14ClNO2/c1-6(2)8-4-7(12)5-9(11(13)14)10(8)15-3/h4-6H,1-3H3,(H2,13,14). The fourth-order valence-electron chi connectivity index (χ4n) is 1.45. The van der Waals surface area contributed by atoms with E-state index in [0.717, 1.165) is 5.56 Å². The third-order valence-electron chi connectivity index (χ3n) is 2.17. The van der Waals surface area contributed by atoms with Crippen molar-refractivity contribution in [1.29, 1.82) is 0 Å². The van der Waals surface area contributed by atoms with Gasteiger partial charge in [0, 0.05) is 5.02 Å². The van der Waals surface area contributed by atoms with Crippen molar-refractivity contribution in [2.45, 2.75) is 19.8 Å². The van der Waals surface area contributed by atoms with Crippen molar-refractivity contribution in [1.82, 2.24) is 0 Å². The molecule has 3 nitrogen and oxygen atoms in total. The molecule has 0 bridgehead atoms. The number of carbonyl (C=O) groups excluding carboxylic acids is 1. The van der Waals surface area contributed by atoms with Crippen LogP contribution in [0.25, 0.3) is 0 Å². The Hall–Kier alpha value is -1.22. The largest absolute Gasteiger partial charge is 0.496 e. The Balaban J connectivity index is 3.45. The highest BCUT2D eigenvalue weighted by Gasteiger charge is 2.16. The van der Waals surface area contributed by atoms with Crippen LogP contribution in [-0.4, -0.2) is 13.0 Å². The molecule has 15 heavy (non-hydrogen) atoms. The third kappa shape index (κ3) is 2.42. The maximum Gasteiger partial charge on any atom is 0.252 e. The average molecular weight is 228 g/mol. The Morgan fingerprint density at radius 3 is 2.47 bits per heavy atom. The van der Waals surface area contributed by atoms with Crippen LogP contribution in [0.5, 0.6) is 5.75 Å². The van der Waals surface area contributed by atoms with E-state index in [-0.39, 0.29) is 5.92 Å². The van der Waals surface area contributed by atoms with E-state index in [1.807, 2.05) is 13.8 Å². The monoisotopic (exact) mass is 227 g/mol. The van der Waals surface area contributed by atoms with Gasteiger partial charge in [0.25, 0.3) is 5.91 Å². The van der Waals surface area contributed by atoms with Crippen molar-refractivity contribution in [3.05, 3.63) is 28.3 Å². The number of hydrogen-bond donors (Lipinski definition) is 1. The number of hydrogen-bond acceptors (Lipinski definition) is 2. The zero-order valence-electron chi connectivity index (χ0n) is 9.00. The molecule has 2 N–H and O–H groups in total. The van der Waals surface area contributed by atoms with Crippen molar-refractivity contribution < 1.29 is 9.53 Å². The third-order valence-corrected chi connectivity index (χ3v) is 2.39. The molecule has 0 aliphatic rings. The maximum absolute atomic E-state index is 11.2. The average Bonchev–Trinajstić information content (AvgIpc) is 2.16. The lowest BCUT2D eigenvalue weighted by Gasteiger charge is -2.14. The number of methoxy groups -OCH3 is 1. The minimum absolute atomic E-state index is 0.219. The molecule has 0 saturated heterocycles. The molecule has 0 radical (unpaired) electrons. The molecule has 0 heterocycles. The van der Waals surface area contributed by atoms with Crippen molar-refractivity contribution in [2.75, 3.05) is 7.11 Å². The number of carbonyl (C=O) groups is 1. The van der Waals surface area contributed by atoms with Crippen molar-refractivity contribution >= 4 is 17.5 Å². The number of rotatable bonds is 3. The second kappa shape index (κ2) is 4.53. The quantitative estimate of drug-likeness (QED) is 0.863. The Morgan fingerprint density at radius 2 is 2.07 bits per heavy atom. The van der Waals surface area contributed by atoms with E-state index in [9.17, 15) is 4.79 Å². The Labute approximate surface area is 94.2 Å². The van der Waals surface area contributed by atoms with E-state index >= 15 is 0 Å². The van der Waals surface area contributed by atoms with Gasteiger partial charge in [-0.2, -0.15) is 0 Å². The summed E-state index contributed by atoms with van der Waals surface area (Å²) < 4.78 is 5.19. The normalized spacial score (nSPS) is 10.5. The minimum Gasteiger partial charge on any atom is -0.496 e. The summed E-state index contributed by atoms with van der Waals surface area (Å²) >= 11 is 5.90. The van der Waals surface area contributed by atoms with Crippen LogP contribution in [-0.2, 0) is 0 Å². The summed E-state index contributed by atoms with van der Waals surface area (Å²) in [6.07, 6.45) is 0. The number of halogens is 1. The number of nitrogens with two attached hydrogens (primary N) is 1. The molecular formula is C11H14ClNO2. The molecule has 1 rings (SSSR count). The summed E-state index contributed by atoms with van der Waals surface area (Å²) in [5.41, 5.74) is 6.47. The van der Waals surface area contributed by atoms with Gasteiger partial charge in [0.15, 0.2) is 0 Å². The zero-order valence-corrected chi connectivity index (χ0v) is 9.76. The number of primary amides is 1. The second-order valence-electron chi connectivity index (χ2n) is 3.59. The summed E-state index contributed by atoms with van der Waals surface area (Å²) in [5, 5.41) is 0.494. The molecular weight excluding hydrogens is 214 g/mol. The van der Waals surface area contributed by atoms with Crippen LogP contribution in [0.2, 0.25) is 5.02 Å². The van der Waals surface area contributed by atoms with E-state index in [4.69, 9.17) is 22.1 Å². The zero-order chi connectivity index (χ0) is 11.6. The van der Waals surface area contributed by atoms with Gasteiger partial charge >= 0.3 is 0 Å². The molecule has 1 amide bonds. The summed E-state index contributed by atoms with van der Waals surface area (Å²) in [7, 11) is 1.52. The van der Waals surface area contributed by atoms with Crippen LogP contribution in [0, 0.1) is 0 Å². The predicted octanol–water partition coefficient (Wildman–Crippen LogP) is 2.57. The van der Waals surface area contributed by atoms with Crippen LogP contribution >= 0.6 is 11.6 Å². The molecule has 0 aliphatic carbocycles. The van der Waals surface area contributed by atoms with Gasteiger partial charge in [-0.1, -0.05) is 25.4 Å². The van der Waals surface area contributed by atoms with Gasteiger partial charge in [0.05, 0.1) is 12.7 Å². The first kappa shape index (κ1) is 11.9. The van der Waals surface area contributed by atoms with Crippen LogP contribution in [0.15, 0.2) is 12.1 Å². The van der Waals surface area contributed by atoms with Crippen molar-refractivity contribution in [3.8, 4) is 5.75 Å². The Kier molecular flexibility index (Phi) is 3.58. The smallest absolute Gasteiger partial charge is 0.252 e. The molecule has 0 fully saturated rings. The van der Waals surface area contributed by atoms with Crippen LogP contribution in [0.4, 0.5) is 0 Å². The van der Waals surface area contributed by atoms with Gasteiger partial charge in [0.2, 0.25) is 0 Å². The number of amides is 1. The van der Waals surface area contributed by atoms with Crippen LogP contribution < -0.4 is 10.5 Å². The molecule has 0 aromatic heterocycles. The lowest BCUT2D eigenvalue weighted by Crippen LogP contribution is -2.13. The highest BCUT2D eigenvalue weighted by atomic mass is 35.5. The van der Waals surface area contributed by atoms with Crippen LogP contribution in [0.3, 0.4) is 0 Å². The molecule has 0 atom stereocenters. The first-order chi connectivity index (χ1) is 6.97. The second-order valence-corrected chi connectivity index (χ2v) is 4.03. The van der Waals surface area contributed by atoms with E-state index < -0.39 is 5.91 Å². The SMILES string of the molecule is COc1c(C(N)=O)cc(Cl)cc1C(C)C. The molecule has 82 valence electrons. The fourth-order valence-corrected chi connectivity index (χ4v) is 1.68. The maximum atomic E-state index is 11.2. The Bertz CT molecular complexity index is 388. The summed E-state index contributed by atoms with van der Waals surface area (Å²) in [4.78, 5) is 11.2. The summed E-state index contributed by atoms with van der Waals surface area (Å²) in [6.45, 7) is 4.00. The van der Waals surface area contributed by atoms with Gasteiger partial charge in [-0.25, -0.2) is 0 Å². The summed E-state index contributed by atoms with van der Waals surface area (Å²) in [5.74, 6) is 0.204. The highest BCUT2D eigenvalue weighted by Crippen LogP contribution is 2.32. The fraction of sp³-hybridized carbons (Fsp3) is 0.364. The first-order valence-electron chi connectivity index (χ1n) is 4.64. The highest BCUT2D eigenvalue weighted by molar-refractivity contribution is 6.31. The molecule has 0 aliphatic heterocycles. The Morgan fingerprint density at radius 1 is 1.47 bits per heavy atom. The topological polar surface area (TPSA) is 52.3 Å². The minimum atomic E-state index is -0.531. The lowest BCUT2D eigenvalue weighted by atomic mass is 9.99. The molecule has 0 unspecified atom stereocenters. The molecule has 0 spiro atoms. The van der Waals surface area contributed by atoms with E-state index in [2.05, 4.69) is 0 Å². The molecule has 1 aromatic rings. The van der Waals surface area contributed by atoms with Gasteiger partial charge in [-0.05, 0) is 23.6 Å². The van der Waals surface area contributed by atoms with E-state index in [1.165, 1.54) is 13.2 Å². The molecule has 4 heteroatoms. The van der Waals surface area contributed by atoms with Gasteiger partial charge in [0.1, 0.15) is 5.75 Å². The first-order valence-corrected chi connectivity index (χ1v) is 5.02. The molecule has 1 aromatic carbocycles. The van der Waals surface area contributed by atoms with Gasteiger partial charge in [-0.15, -0.1) is 0 Å². The van der Waals surface area contributed by atoms with Gasteiger partial charge in [-0.3, -0.25) is 4.79 Å². The predicted molar refractivity (Wildman–Crippen MR) is 60.6 cm³/mol. The number of benzene rings is 1. The summed E-state index contributed by atoms with van der Waals surface area (Å²) in [6, 6.07) is 3.31. The van der Waals surface area contributed by atoms with E-state index in [1.54, 1.807) is 6.07 Å². The van der Waals surface area contributed by atoms with Crippen molar-refractivity contribution in [2.24, 2.45) is 5.73 Å². The van der Waals surface area contributed by atoms with Gasteiger partial charge < -0.3 is 10.5 Å². The number of ether oxygens (including phenoxy) is 1. The van der Waals surface area contributed by atoms with E-state index in [0.29, 0.717) is 16.3 Å². The molecule has 0 saturated carbocycles. The lowest BCUT2D eigenvalue weighted by molar-refractivity contribution is 0.0997. The van der Waals surface area contributed by atoms with Crippen molar-refractivity contribution in [3.63, 3.8) is 0 Å².